The van der Waals surface area contributed by atoms with Crippen molar-refractivity contribution in [2.45, 2.75) is 24.3 Å². The standard InChI is InChI=1S/C13H13F3N4O2S/c1-23(22)12-19-17-8-20(12)6-5-11(21)18-10-4-2-3-9(7-10)13(14,15)16/h2-4,7-8H,5-6H2,1H3,(H,18,21). The van der Waals surface area contributed by atoms with Gasteiger partial charge in [-0.15, -0.1) is 10.2 Å². The van der Waals surface area contributed by atoms with Gasteiger partial charge >= 0.3 is 6.18 Å². The highest BCUT2D eigenvalue weighted by atomic mass is 32.2. The molecule has 1 heterocycles. The number of aromatic nitrogens is 3. The molecule has 0 bridgehead atoms. The Kier molecular flexibility index (Phi) is 5.14. The molecular formula is C13H13F3N4O2S. The molecule has 0 saturated heterocycles. The monoisotopic (exact) mass is 346 g/mol. The predicted molar refractivity (Wildman–Crippen MR) is 77.0 cm³/mol. The first-order valence-corrected chi connectivity index (χ1v) is 8.01. The lowest BCUT2D eigenvalue weighted by Gasteiger charge is -2.10. The second-order valence-electron chi connectivity index (χ2n) is 4.64. The normalized spacial score (nSPS) is 12.9. The van der Waals surface area contributed by atoms with Crippen LogP contribution in [0.5, 0.6) is 0 Å². The smallest absolute Gasteiger partial charge is 0.326 e. The molecule has 1 aromatic heterocycles. The van der Waals surface area contributed by atoms with E-state index in [1.807, 2.05) is 0 Å². The van der Waals surface area contributed by atoms with Gasteiger partial charge in [-0.05, 0) is 18.2 Å². The Labute approximate surface area is 132 Å². The van der Waals surface area contributed by atoms with Crippen molar-refractivity contribution in [2.75, 3.05) is 11.6 Å². The molecule has 2 rings (SSSR count). The van der Waals surface area contributed by atoms with Crippen molar-refractivity contribution in [3.63, 3.8) is 0 Å². The Balaban J connectivity index is 1.98. The lowest BCUT2D eigenvalue weighted by Crippen LogP contribution is -2.16. The maximum Gasteiger partial charge on any atom is 0.416 e. The number of carbonyl (C=O) groups is 1. The fourth-order valence-electron chi connectivity index (χ4n) is 1.84. The van der Waals surface area contributed by atoms with Crippen LogP contribution in [0.25, 0.3) is 0 Å². The number of aryl methyl sites for hydroxylation is 1. The summed E-state index contributed by atoms with van der Waals surface area (Å²) < 4.78 is 50.6. The van der Waals surface area contributed by atoms with Crippen molar-refractivity contribution in [1.82, 2.24) is 14.8 Å². The Hall–Kier alpha value is -2.23. The van der Waals surface area contributed by atoms with Crippen LogP contribution in [0.3, 0.4) is 0 Å². The maximum absolute atomic E-state index is 12.6. The zero-order valence-corrected chi connectivity index (χ0v) is 12.8. The molecule has 1 amide bonds. The van der Waals surface area contributed by atoms with Gasteiger partial charge in [-0.1, -0.05) is 6.07 Å². The van der Waals surface area contributed by atoms with E-state index in [1.54, 1.807) is 0 Å². The molecule has 0 aliphatic heterocycles. The van der Waals surface area contributed by atoms with E-state index in [0.717, 1.165) is 12.1 Å². The third kappa shape index (κ3) is 4.62. The van der Waals surface area contributed by atoms with Gasteiger partial charge in [0.05, 0.1) is 16.4 Å². The third-order valence-electron chi connectivity index (χ3n) is 2.89. The van der Waals surface area contributed by atoms with Crippen molar-refractivity contribution >= 4 is 22.4 Å². The highest BCUT2D eigenvalue weighted by Gasteiger charge is 2.30. The molecule has 10 heteroatoms. The quantitative estimate of drug-likeness (QED) is 0.899. The van der Waals surface area contributed by atoms with Crippen molar-refractivity contribution in [3.05, 3.63) is 36.2 Å². The van der Waals surface area contributed by atoms with Gasteiger partial charge in [0.25, 0.3) is 0 Å². The molecule has 6 nitrogen and oxygen atoms in total. The number of nitrogens with one attached hydrogen (secondary N) is 1. The van der Waals surface area contributed by atoms with Crippen LogP contribution >= 0.6 is 0 Å². The first-order valence-electron chi connectivity index (χ1n) is 6.45. The van der Waals surface area contributed by atoms with E-state index in [4.69, 9.17) is 0 Å². The lowest BCUT2D eigenvalue weighted by molar-refractivity contribution is -0.137. The molecule has 124 valence electrons. The summed E-state index contributed by atoms with van der Waals surface area (Å²) in [6.07, 6.45) is -1.71. The molecule has 1 N–H and O–H groups in total. The summed E-state index contributed by atoms with van der Waals surface area (Å²) in [6, 6.07) is 4.38. The minimum absolute atomic E-state index is 0.0154. The van der Waals surface area contributed by atoms with Crippen LogP contribution in [0.4, 0.5) is 18.9 Å². The first-order chi connectivity index (χ1) is 10.8. The van der Waals surface area contributed by atoms with Gasteiger partial charge in [-0.3, -0.25) is 9.00 Å². The van der Waals surface area contributed by atoms with Crippen LogP contribution in [0, 0.1) is 0 Å². The molecule has 1 aromatic carbocycles. The van der Waals surface area contributed by atoms with E-state index in [-0.39, 0.29) is 23.8 Å². The van der Waals surface area contributed by atoms with Gasteiger partial charge in [0.2, 0.25) is 11.1 Å². The van der Waals surface area contributed by atoms with Crippen molar-refractivity contribution < 1.29 is 22.2 Å². The molecular weight excluding hydrogens is 333 g/mol. The van der Waals surface area contributed by atoms with E-state index in [2.05, 4.69) is 15.5 Å². The van der Waals surface area contributed by atoms with Gasteiger partial charge in [0.15, 0.2) is 0 Å². The molecule has 0 fully saturated rings. The average molecular weight is 346 g/mol. The number of rotatable bonds is 5. The summed E-state index contributed by atoms with van der Waals surface area (Å²) in [5.41, 5.74) is -0.773. The summed E-state index contributed by atoms with van der Waals surface area (Å²) in [6.45, 7) is 0.173. The topological polar surface area (TPSA) is 76.9 Å². The minimum atomic E-state index is -4.47. The number of halogens is 3. The summed E-state index contributed by atoms with van der Waals surface area (Å²) in [7, 11) is -1.34. The molecule has 0 radical (unpaired) electrons. The summed E-state index contributed by atoms with van der Waals surface area (Å²) in [4.78, 5) is 11.8. The van der Waals surface area contributed by atoms with E-state index in [1.165, 1.54) is 29.3 Å². The van der Waals surface area contributed by atoms with Gasteiger partial charge in [0.1, 0.15) is 6.33 Å². The zero-order valence-electron chi connectivity index (χ0n) is 12.0. The molecule has 1 atom stereocenters. The van der Waals surface area contributed by atoms with Crippen LogP contribution in [-0.2, 0) is 28.3 Å². The molecule has 23 heavy (non-hydrogen) atoms. The number of anilines is 1. The van der Waals surface area contributed by atoms with E-state index in [9.17, 15) is 22.2 Å². The Morgan fingerprint density at radius 3 is 2.78 bits per heavy atom. The second kappa shape index (κ2) is 6.90. The van der Waals surface area contributed by atoms with Crippen LogP contribution in [0.15, 0.2) is 35.7 Å². The molecule has 0 aliphatic rings. The van der Waals surface area contributed by atoms with Gasteiger partial charge < -0.3 is 9.88 Å². The van der Waals surface area contributed by atoms with E-state index in [0.29, 0.717) is 0 Å². The SMILES string of the molecule is CS(=O)c1nncn1CCC(=O)Nc1cccc(C(F)(F)F)c1. The van der Waals surface area contributed by atoms with Crippen LogP contribution in [0.2, 0.25) is 0 Å². The van der Waals surface area contributed by atoms with Gasteiger partial charge in [-0.2, -0.15) is 13.2 Å². The van der Waals surface area contributed by atoms with Crippen molar-refractivity contribution in [2.24, 2.45) is 0 Å². The van der Waals surface area contributed by atoms with Crippen molar-refractivity contribution in [1.29, 1.82) is 0 Å². The lowest BCUT2D eigenvalue weighted by atomic mass is 10.2. The van der Waals surface area contributed by atoms with E-state index >= 15 is 0 Å². The minimum Gasteiger partial charge on any atom is -0.326 e. The third-order valence-corrected chi connectivity index (χ3v) is 3.72. The summed E-state index contributed by atoms with van der Waals surface area (Å²) in [5.74, 6) is -0.467. The molecule has 2 aromatic rings. The number of benzene rings is 1. The Bertz CT molecular complexity index is 730. The predicted octanol–water partition coefficient (Wildman–Crippen LogP) is 2.06. The fraction of sp³-hybridized carbons (Fsp3) is 0.308. The van der Waals surface area contributed by atoms with E-state index < -0.39 is 28.4 Å². The maximum atomic E-state index is 12.6. The average Bonchev–Trinajstić information content (AvgIpc) is 2.93. The van der Waals surface area contributed by atoms with Crippen LogP contribution in [-0.4, -0.2) is 31.1 Å². The Morgan fingerprint density at radius 1 is 1.39 bits per heavy atom. The zero-order chi connectivity index (χ0) is 17.0. The second-order valence-corrected chi connectivity index (χ2v) is 5.91. The van der Waals surface area contributed by atoms with Crippen LogP contribution in [0.1, 0.15) is 12.0 Å². The number of carbonyl (C=O) groups excluding carboxylic acids is 1. The summed E-state index contributed by atoms with van der Waals surface area (Å²) >= 11 is 0. The van der Waals surface area contributed by atoms with Crippen LogP contribution < -0.4 is 5.32 Å². The van der Waals surface area contributed by atoms with Gasteiger partial charge in [-0.25, -0.2) is 0 Å². The summed E-state index contributed by atoms with van der Waals surface area (Å²) in [5, 5.41) is 9.91. The molecule has 0 spiro atoms. The Morgan fingerprint density at radius 2 is 2.13 bits per heavy atom. The molecule has 0 saturated carbocycles. The molecule has 1 unspecified atom stereocenters. The number of alkyl halides is 3. The largest absolute Gasteiger partial charge is 0.416 e. The number of nitrogens with zero attached hydrogens (tertiary/aromatic N) is 3. The molecule has 0 aliphatic carbocycles. The van der Waals surface area contributed by atoms with Gasteiger partial charge in [0, 0.05) is 24.9 Å². The number of amides is 1. The number of hydrogen-bond acceptors (Lipinski definition) is 4. The fourth-order valence-corrected chi connectivity index (χ4v) is 2.47. The first kappa shape index (κ1) is 17.1. The number of hydrogen-bond donors (Lipinski definition) is 1. The highest BCUT2D eigenvalue weighted by molar-refractivity contribution is 7.84. The highest BCUT2D eigenvalue weighted by Crippen LogP contribution is 2.30. The van der Waals surface area contributed by atoms with Crippen molar-refractivity contribution in [3.8, 4) is 0 Å².